The normalized spacial score (nSPS) is 13.0. The van der Waals surface area contributed by atoms with Crippen LogP contribution >= 0.6 is 0 Å². The third-order valence-corrected chi connectivity index (χ3v) is 5.92. The quantitative estimate of drug-likeness (QED) is 0.544. The van der Waals surface area contributed by atoms with Gasteiger partial charge >= 0.3 is 14.8 Å². The number of carbonyl (C=O) groups is 1. The number of hydrogen-bond donors (Lipinski definition) is 0. The minimum Gasteiger partial charge on any atom is -0.465 e. The Bertz CT molecular complexity index is 397. The summed E-state index contributed by atoms with van der Waals surface area (Å²) in [5, 5.41) is 0. The summed E-state index contributed by atoms with van der Waals surface area (Å²) in [6, 6.07) is 9.96. The smallest absolute Gasteiger partial charge is 0.465 e. The average molecular weight is 298 g/mol. The molecule has 0 amide bonds. The fourth-order valence-corrected chi connectivity index (χ4v) is 3.30. The highest BCUT2D eigenvalue weighted by Gasteiger charge is 2.38. The van der Waals surface area contributed by atoms with Gasteiger partial charge in [0.1, 0.15) is 0 Å². The fraction of sp³-hybridized carbons (Fsp3) is 0.500. The second kappa shape index (κ2) is 8.16. The molecule has 0 N–H and O–H groups in total. The maximum absolute atomic E-state index is 12.0. The molecule has 1 aromatic rings. The van der Waals surface area contributed by atoms with Crippen molar-refractivity contribution in [2.24, 2.45) is 0 Å². The molecule has 6 heteroatoms. The molecule has 0 aliphatic rings. The van der Waals surface area contributed by atoms with Crippen molar-refractivity contribution in [3.8, 4) is 0 Å². The lowest BCUT2D eigenvalue weighted by molar-refractivity contribution is -0.144. The van der Waals surface area contributed by atoms with Crippen molar-refractivity contribution < 1.29 is 22.8 Å². The number of benzene rings is 1. The van der Waals surface area contributed by atoms with E-state index in [9.17, 15) is 4.79 Å². The summed E-state index contributed by atoms with van der Waals surface area (Å²) in [4.78, 5) is 12.0. The van der Waals surface area contributed by atoms with E-state index in [-0.39, 0.29) is 18.5 Å². The van der Waals surface area contributed by atoms with Crippen molar-refractivity contribution in [1.82, 2.24) is 0 Å². The summed E-state index contributed by atoms with van der Waals surface area (Å²) in [6.45, 7) is 2.04. The number of carbonyl (C=O) groups excluding carboxylic acids is 1. The van der Waals surface area contributed by atoms with Crippen LogP contribution in [0.2, 0.25) is 6.04 Å². The molecule has 1 unspecified atom stereocenters. The Morgan fingerprint density at radius 3 is 2.15 bits per heavy atom. The fourth-order valence-electron chi connectivity index (χ4n) is 1.84. The summed E-state index contributed by atoms with van der Waals surface area (Å²) in [7, 11) is 1.93. The summed E-state index contributed by atoms with van der Waals surface area (Å²) in [5.74, 6) is -0.553. The SMILES string of the molecule is CO[Si](CCOC(=O)C(C)c1ccccc1)(OC)OC. The van der Waals surface area contributed by atoms with Crippen LogP contribution in [0.15, 0.2) is 30.3 Å². The van der Waals surface area contributed by atoms with E-state index in [1.54, 1.807) is 0 Å². The molecule has 0 saturated heterocycles. The highest BCUT2D eigenvalue weighted by Crippen LogP contribution is 2.18. The second-order valence-electron chi connectivity index (χ2n) is 4.35. The molecule has 0 aliphatic carbocycles. The first kappa shape index (κ1) is 16.8. The van der Waals surface area contributed by atoms with E-state index in [0.717, 1.165) is 5.56 Å². The molecule has 1 atom stereocenters. The van der Waals surface area contributed by atoms with Gasteiger partial charge in [0, 0.05) is 21.3 Å². The first-order chi connectivity index (χ1) is 9.58. The first-order valence-corrected chi connectivity index (χ1v) is 8.38. The van der Waals surface area contributed by atoms with E-state index < -0.39 is 8.80 Å². The number of hydrogen-bond acceptors (Lipinski definition) is 5. The number of esters is 1. The molecule has 0 saturated carbocycles. The lowest BCUT2D eigenvalue weighted by atomic mass is 10.0. The molecule has 112 valence electrons. The van der Waals surface area contributed by atoms with Gasteiger partial charge in [-0.2, -0.15) is 0 Å². The third-order valence-electron chi connectivity index (χ3n) is 3.24. The minimum absolute atomic E-state index is 0.220. The Morgan fingerprint density at radius 2 is 1.65 bits per heavy atom. The summed E-state index contributed by atoms with van der Waals surface area (Å²) in [6.07, 6.45) is 0. The lowest BCUT2D eigenvalue weighted by Gasteiger charge is -2.24. The van der Waals surface area contributed by atoms with E-state index >= 15 is 0 Å². The van der Waals surface area contributed by atoms with Gasteiger partial charge in [0.2, 0.25) is 0 Å². The zero-order valence-corrected chi connectivity index (χ0v) is 13.4. The molecule has 0 spiro atoms. The van der Waals surface area contributed by atoms with Crippen LogP contribution in [0.5, 0.6) is 0 Å². The van der Waals surface area contributed by atoms with Crippen molar-refractivity contribution in [1.29, 1.82) is 0 Å². The predicted octanol–water partition coefficient (Wildman–Crippen LogP) is 2.21. The van der Waals surface area contributed by atoms with Crippen LogP contribution in [-0.2, 0) is 22.8 Å². The second-order valence-corrected chi connectivity index (χ2v) is 7.44. The van der Waals surface area contributed by atoms with Crippen LogP contribution in [0.4, 0.5) is 0 Å². The topological polar surface area (TPSA) is 54.0 Å². The molecule has 0 aliphatic heterocycles. The van der Waals surface area contributed by atoms with Crippen LogP contribution in [0.3, 0.4) is 0 Å². The van der Waals surface area contributed by atoms with Crippen molar-refractivity contribution in [3.05, 3.63) is 35.9 Å². The van der Waals surface area contributed by atoms with Crippen molar-refractivity contribution in [2.45, 2.75) is 18.9 Å². The molecule has 0 radical (unpaired) electrons. The Hall–Kier alpha value is -1.21. The average Bonchev–Trinajstić information content (AvgIpc) is 2.52. The molecule has 0 heterocycles. The van der Waals surface area contributed by atoms with Gasteiger partial charge < -0.3 is 18.0 Å². The van der Waals surface area contributed by atoms with Crippen LogP contribution in [0, 0.1) is 0 Å². The zero-order valence-electron chi connectivity index (χ0n) is 12.4. The molecule has 0 aromatic heterocycles. The maximum atomic E-state index is 12.0. The van der Waals surface area contributed by atoms with E-state index in [1.807, 2.05) is 37.3 Å². The molecule has 5 nitrogen and oxygen atoms in total. The Morgan fingerprint density at radius 1 is 1.10 bits per heavy atom. The van der Waals surface area contributed by atoms with Crippen LogP contribution in [-0.4, -0.2) is 42.7 Å². The predicted molar refractivity (Wildman–Crippen MR) is 77.4 cm³/mol. The summed E-state index contributed by atoms with van der Waals surface area (Å²) < 4.78 is 21.1. The number of rotatable bonds is 8. The maximum Gasteiger partial charge on any atom is 0.503 e. The molecule has 0 fully saturated rings. The van der Waals surface area contributed by atoms with Gasteiger partial charge in [-0.15, -0.1) is 0 Å². The van der Waals surface area contributed by atoms with E-state index in [2.05, 4.69) is 0 Å². The van der Waals surface area contributed by atoms with E-state index in [1.165, 1.54) is 21.3 Å². The largest absolute Gasteiger partial charge is 0.503 e. The van der Waals surface area contributed by atoms with E-state index in [0.29, 0.717) is 6.04 Å². The van der Waals surface area contributed by atoms with Crippen LogP contribution in [0.25, 0.3) is 0 Å². The third kappa shape index (κ3) is 4.41. The van der Waals surface area contributed by atoms with Crippen LogP contribution < -0.4 is 0 Å². The summed E-state index contributed by atoms with van der Waals surface area (Å²) >= 11 is 0. The van der Waals surface area contributed by atoms with Gasteiger partial charge in [-0.3, -0.25) is 4.79 Å². The highest BCUT2D eigenvalue weighted by molar-refractivity contribution is 6.60. The lowest BCUT2D eigenvalue weighted by Crippen LogP contribution is -2.43. The molecule has 1 rings (SSSR count). The minimum atomic E-state index is -2.68. The van der Waals surface area contributed by atoms with Crippen molar-refractivity contribution in [2.75, 3.05) is 27.9 Å². The molecular formula is C14H22O5Si. The Labute approximate surface area is 121 Å². The van der Waals surface area contributed by atoms with Crippen molar-refractivity contribution >= 4 is 14.8 Å². The van der Waals surface area contributed by atoms with Gasteiger partial charge in [0.05, 0.1) is 18.6 Å². The van der Waals surface area contributed by atoms with Gasteiger partial charge in [-0.1, -0.05) is 30.3 Å². The van der Waals surface area contributed by atoms with Gasteiger partial charge in [-0.05, 0) is 12.5 Å². The van der Waals surface area contributed by atoms with Gasteiger partial charge in [-0.25, -0.2) is 0 Å². The Balaban J connectivity index is 2.48. The molecule has 0 bridgehead atoms. The first-order valence-electron chi connectivity index (χ1n) is 6.45. The molecule has 20 heavy (non-hydrogen) atoms. The summed E-state index contributed by atoms with van der Waals surface area (Å²) in [5.41, 5.74) is 0.936. The monoisotopic (exact) mass is 298 g/mol. The number of ether oxygens (including phenoxy) is 1. The highest BCUT2D eigenvalue weighted by atomic mass is 28.4. The molecule has 1 aromatic carbocycles. The Kier molecular flexibility index (Phi) is 6.87. The van der Waals surface area contributed by atoms with Gasteiger partial charge in [0.15, 0.2) is 0 Å². The van der Waals surface area contributed by atoms with Crippen LogP contribution in [0.1, 0.15) is 18.4 Å². The zero-order chi connectivity index (χ0) is 15.0. The van der Waals surface area contributed by atoms with Crippen molar-refractivity contribution in [3.63, 3.8) is 0 Å². The standard InChI is InChI=1S/C14H22O5Si/c1-12(13-8-6-5-7-9-13)14(15)19-10-11-20(16-2,17-3)18-4/h5-9,12H,10-11H2,1-4H3. The molecular weight excluding hydrogens is 276 g/mol. The van der Waals surface area contributed by atoms with Gasteiger partial charge in [0.25, 0.3) is 0 Å². The van der Waals surface area contributed by atoms with E-state index in [4.69, 9.17) is 18.0 Å².